The minimum Gasteiger partial charge on any atom is -0.545 e. The molecule has 0 radical (unpaired) electrons. The summed E-state index contributed by atoms with van der Waals surface area (Å²) in [7, 11) is 0. The van der Waals surface area contributed by atoms with Crippen molar-refractivity contribution in [2.24, 2.45) is 0 Å². The van der Waals surface area contributed by atoms with E-state index in [1.54, 1.807) is 0 Å². The predicted molar refractivity (Wildman–Crippen MR) is 42.1 cm³/mol. The number of carbonyl (C=O) groups is 2. The fourth-order valence-electron chi connectivity index (χ4n) is 0.565. The van der Waals surface area contributed by atoms with Crippen molar-refractivity contribution in [2.75, 3.05) is 6.54 Å². The molecular formula is C8H12NNaO3. The van der Waals surface area contributed by atoms with Gasteiger partial charge in [-0.2, -0.15) is 0 Å². The van der Waals surface area contributed by atoms with Gasteiger partial charge in [-0.15, -0.1) is 0 Å². The molecule has 4 nitrogen and oxygen atoms in total. The molecule has 1 heterocycles. The van der Waals surface area contributed by atoms with Crippen molar-refractivity contribution in [2.45, 2.75) is 19.8 Å². The van der Waals surface area contributed by atoms with Gasteiger partial charge in [0, 0.05) is 13.0 Å². The molecular weight excluding hydrogens is 181 g/mol. The Morgan fingerprint density at radius 2 is 2.08 bits per heavy atom. The average Bonchev–Trinajstić information content (AvgIpc) is 2.40. The third kappa shape index (κ3) is 9.60. The topological polar surface area (TPSA) is 69.2 Å². The Morgan fingerprint density at radius 1 is 1.62 bits per heavy atom. The molecule has 1 aliphatic heterocycles. The zero-order valence-electron chi connectivity index (χ0n) is 8.05. The Morgan fingerprint density at radius 3 is 2.15 bits per heavy atom. The molecule has 0 saturated carbocycles. The van der Waals surface area contributed by atoms with Crippen LogP contribution in [0.1, 0.15) is 19.8 Å². The van der Waals surface area contributed by atoms with E-state index in [1.807, 2.05) is 0 Å². The average molecular weight is 193 g/mol. The first-order valence-electron chi connectivity index (χ1n) is 3.67. The fourth-order valence-corrected chi connectivity index (χ4v) is 0.565. The van der Waals surface area contributed by atoms with Crippen LogP contribution in [0.3, 0.4) is 0 Å². The first-order chi connectivity index (χ1) is 5.54. The van der Waals surface area contributed by atoms with Crippen LogP contribution in [-0.4, -0.2) is 18.4 Å². The summed E-state index contributed by atoms with van der Waals surface area (Å²) in [5.74, 6) is -0.981. The van der Waals surface area contributed by atoms with Gasteiger partial charge in [0.15, 0.2) is 0 Å². The zero-order chi connectivity index (χ0) is 9.56. The van der Waals surface area contributed by atoms with Crippen molar-refractivity contribution < 1.29 is 44.3 Å². The van der Waals surface area contributed by atoms with Gasteiger partial charge >= 0.3 is 29.6 Å². The number of aliphatic carboxylic acids is 1. The molecule has 0 aliphatic carbocycles. The second-order valence-electron chi connectivity index (χ2n) is 2.52. The molecule has 0 aromatic rings. The molecule has 1 aliphatic rings. The summed E-state index contributed by atoms with van der Waals surface area (Å²) in [4.78, 5) is 19.6. The summed E-state index contributed by atoms with van der Waals surface area (Å²) in [6.45, 7) is 5.36. The van der Waals surface area contributed by atoms with E-state index in [4.69, 9.17) is 0 Å². The van der Waals surface area contributed by atoms with Gasteiger partial charge in [0.05, 0.1) is 5.97 Å². The van der Waals surface area contributed by atoms with Gasteiger partial charge in [0.2, 0.25) is 5.91 Å². The largest absolute Gasteiger partial charge is 1.00 e. The van der Waals surface area contributed by atoms with Gasteiger partial charge in [-0.1, -0.05) is 6.58 Å². The normalized spacial score (nSPS) is 13.2. The van der Waals surface area contributed by atoms with Crippen LogP contribution in [0.4, 0.5) is 0 Å². The number of hydrogen-bond donors (Lipinski definition) is 1. The van der Waals surface area contributed by atoms with Crippen molar-refractivity contribution in [3.05, 3.63) is 12.2 Å². The molecule has 1 amide bonds. The maximum atomic E-state index is 10.1. The van der Waals surface area contributed by atoms with Crippen LogP contribution >= 0.6 is 0 Å². The molecule has 0 atom stereocenters. The van der Waals surface area contributed by atoms with E-state index in [-0.39, 0.29) is 41.0 Å². The SMILES string of the molecule is C=C(C)C(=O)[O-].O=C1CCCN1.[Na+]. The van der Waals surface area contributed by atoms with Gasteiger partial charge in [-0.05, 0) is 18.9 Å². The zero-order valence-corrected chi connectivity index (χ0v) is 10.1. The number of rotatable bonds is 1. The molecule has 1 fully saturated rings. The molecule has 0 spiro atoms. The Balaban J connectivity index is 0. The number of carbonyl (C=O) groups excluding carboxylic acids is 2. The van der Waals surface area contributed by atoms with E-state index in [0.717, 1.165) is 19.4 Å². The van der Waals surface area contributed by atoms with Crippen LogP contribution in [0.25, 0.3) is 0 Å². The van der Waals surface area contributed by atoms with Crippen molar-refractivity contribution in [1.82, 2.24) is 5.32 Å². The summed E-state index contributed by atoms with van der Waals surface area (Å²) in [5, 5.41) is 12.2. The van der Waals surface area contributed by atoms with Crippen molar-refractivity contribution in [1.29, 1.82) is 0 Å². The van der Waals surface area contributed by atoms with E-state index in [0.29, 0.717) is 0 Å². The third-order valence-corrected chi connectivity index (χ3v) is 1.25. The van der Waals surface area contributed by atoms with Gasteiger partial charge in [-0.25, -0.2) is 0 Å². The van der Waals surface area contributed by atoms with Crippen LogP contribution in [0.5, 0.6) is 0 Å². The van der Waals surface area contributed by atoms with E-state index < -0.39 is 5.97 Å². The van der Waals surface area contributed by atoms with Crippen LogP contribution in [0.2, 0.25) is 0 Å². The van der Waals surface area contributed by atoms with Crippen molar-refractivity contribution >= 4 is 11.9 Å². The van der Waals surface area contributed by atoms with Crippen LogP contribution < -0.4 is 40.0 Å². The maximum Gasteiger partial charge on any atom is 1.00 e. The molecule has 5 heteroatoms. The number of amides is 1. The van der Waals surface area contributed by atoms with Gasteiger partial charge in [0.25, 0.3) is 0 Å². The van der Waals surface area contributed by atoms with Crippen LogP contribution in [-0.2, 0) is 9.59 Å². The fraction of sp³-hybridized carbons (Fsp3) is 0.500. The Hall–Kier alpha value is -0.320. The second kappa shape index (κ2) is 8.29. The molecule has 1 rings (SSSR count). The molecule has 1 N–H and O–H groups in total. The molecule has 0 unspecified atom stereocenters. The third-order valence-electron chi connectivity index (χ3n) is 1.25. The van der Waals surface area contributed by atoms with E-state index in [2.05, 4.69) is 11.9 Å². The van der Waals surface area contributed by atoms with E-state index in [9.17, 15) is 14.7 Å². The van der Waals surface area contributed by atoms with Crippen LogP contribution in [0.15, 0.2) is 12.2 Å². The van der Waals surface area contributed by atoms with E-state index >= 15 is 0 Å². The molecule has 1 saturated heterocycles. The minimum atomic E-state index is -1.19. The monoisotopic (exact) mass is 193 g/mol. The summed E-state index contributed by atoms with van der Waals surface area (Å²) in [6.07, 6.45) is 1.76. The maximum absolute atomic E-state index is 10.1. The smallest absolute Gasteiger partial charge is 0.545 e. The quantitative estimate of drug-likeness (QED) is 0.343. The summed E-state index contributed by atoms with van der Waals surface area (Å²) >= 11 is 0. The number of carboxylic acid groups (broad SMARTS) is 1. The summed E-state index contributed by atoms with van der Waals surface area (Å²) < 4.78 is 0. The summed E-state index contributed by atoms with van der Waals surface area (Å²) in [6, 6.07) is 0. The number of carboxylic acids is 1. The number of hydrogen-bond acceptors (Lipinski definition) is 3. The number of nitrogens with one attached hydrogen (secondary N) is 1. The first kappa shape index (κ1) is 15.2. The molecule has 0 aromatic heterocycles. The van der Waals surface area contributed by atoms with Gasteiger partial charge in [-0.3, -0.25) is 4.79 Å². The van der Waals surface area contributed by atoms with Gasteiger partial charge in [0.1, 0.15) is 0 Å². The Bertz CT molecular complexity index is 184. The van der Waals surface area contributed by atoms with Crippen molar-refractivity contribution in [3.8, 4) is 0 Å². The molecule has 0 bridgehead atoms. The molecule has 0 aromatic carbocycles. The Kier molecular flexibility index (Phi) is 9.67. The second-order valence-corrected chi connectivity index (χ2v) is 2.52. The molecule has 68 valence electrons. The van der Waals surface area contributed by atoms with E-state index in [1.165, 1.54) is 6.92 Å². The van der Waals surface area contributed by atoms with Crippen molar-refractivity contribution in [3.63, 3.8) is 0 Å². The Labute approximate surface area is 99.7 Å². The minimum absolute atomic E-state index is 0. The first-order valence-corrected chi connectivity index (χ1v) is 3.67. The summed E-state index contributed by atoms with van der Waals surface area (Å²) in [5.41, 5.74) is 0.0648. The van der Waals surface area contributed by atoms with Crippen LogP contribution in [0, 0.1) is 0 Å². The predicted octanol–water partition coefficient (Wildman–Crippen LogP) is -3.79. The molecule has 13 heavy (non-hydrogen) atoms. The standard InChI is InChI=1S/C4H7NO.C4H6O2.Na/c6-4-2-1-3-5-4;1-3(2)4(5)6;/h1-3H2,(H,5,6);1H2,2H3,(H,5,6);/q;;+1/p-1. The van der Waals surface area contributed by atoms with Gasteiger partial charge < -0.3 is 15.2 Å².